The standard InChI is InChI=1S/C11H14F2N2O2S/c12-9-7(11(14)18)1-2-8(10(9)13)15(3-5-16)4-6-17/h1-2,16-17H,3-6H2,(H2,14,18). The van der Waals surface area contributed by atoms with Gasteiger partial charge in [-0.25, -0.2) is 8.78 Å². The van der Waals surface area contributed by atoms with Crippen LogP contribution in [0.15, 0.2) is 12.1 Å². The first kappa shape index (κ1) is 14.7. The van der Waals surface area contributed by atoms with E-state index in [9.17, 15) is 8.78 Å². The first-order chi connectivity index (χ1) is 8.52. The van der Waals surface area contributed by atoms with E-state index in [2.05, 4.69) is 12.2 Å². The van der Waals surface area contributed by atoms with Gasteiger partial charge in [0.2, 0.25) is 0 Å². The molecule has 0 aliphatic carbocycles. The molecule has 0 fully saturated rings. The molecule has 1 aromatic carbocycles. The first-order valence-corrected chi connectivity index (χ1v) is 5.68. The Kier molecular flexibility index (Phi) is 5.39. The third-order valence-electron chi connectivity index (χ3n) is 2.41. The Labute approximate surface area is 109 Å². The number of aliphatic hydroxyl groups excluding tert-OH is 2. The fraction of sp³-hybridized carbons (Fsp3) is 0.364. The number of hydrogen-bond acceptors (Lipinski definition) is 4. The summed E-state index contributed by atoms with van der Waals surface area (Å²) in [5.74, 6) is -2.22. The van der Waals surface area contributed by atoms with Crippen molar-refractivity contribution >= 4 is 22.9 Å². The van der Waals surface area contributed by atoms with Crippen LogP contribution in [0.4, 0.5) is 14.5 Å². The average Bonchev–Trinajstić information content (AvgIpc) is 2.32. The second kappa shape index (κ2) is 6.58. The summed E-state index contributed by atoms with van der Waals surface area (Å²) in [5.41, 5.74) is 5.05. The van der Waals surface area contributed by atoms with Crippen molar-refractivity contribution in [2.45, 2.75) is 0 Å². The highest BCUT2D eigenvalue weighted by Gasteiger charge is 2.18. The van der Waals surface area contributed by atoms with Gasteiger partial charge in [-0.2, -0.15) is 0 Å². The molecule has 4 nitrogen and oxygen atoms in total. The molecule has 7 heteroatoms. The first-order valence-electron chi connectivity index (χ1n) is 5.27. The Morgan fingerprint density at radius 1 is 1.17 bits per heavy atom. The second-order valence-electron chi connectivity index (χ2n) is 3.56. The van der Waals surface area contributed by atoms with E-state index in [4.69, 9.17) is 15.9 Å². The molecule has 1 aromatic rings. The van der Waals surface area contributed by atoms with E-state index in [0.717, 1.165) is 0 Å². The number of anilines is 1. The van der Waals surface area contributed by atoms with Gasteiger partial charge in [-0.1, -0.05) is 12.2 Å². The summed E-state index contributed by atoms with van der Waals surface area (Å²) in [6, 6.07) is 2.59. The largest absolute Gasteiger partial charge is 0.395 e. The van der Waals surface area contributed by atoms with Crippen molar-refractivity contribution in [3.63, 3.8) is 0 Å². The van der Waals surface area contributed by atoms with E-state index >= 15 is 0 Å². The number of thiocarbonyl (C=S) groups is 1. The molecule has 0 aromatic heterocycles. The van der Waals surface area contributed by atoms with Gasteiger partial charge in [0.15, 0.2) is 11.6 Å². The van der Waals surface area contributed by atoms with Gasteiger partial charge in [0, 0.05) is 18.7 Å². The zero-order valence-electron chi connectivity index (χ0n) is 9.57. The van der Waals surface area contributed by atoms with Crippen LogP contribution in [0.1, 0.15) is 5.56 Å². The third kappa shape index (κ3) is 3.12. The zero-order valence-corrected chi connectivity index (χ0v) is 10.4. The van der Waals surface area contributed by atoms with Gasteiger partial charge in [-0.15, -0.1) is 0 Å². The summed E-state index contributed by atoms with van der Waals surface area (Å²) in [6.45, 7) is -0.303. The van der Waals surface area contributed by atoms with E-state index in [-0.39, 0.29) is 42.5 Å². The maximum Gasteiger partial charge on any atom is 0.182 e. The summed E-state index contributed by atoms with van der Waals surface area (Å²) in [6.07, 6.45) is 0. The van der Waals surface area contributed by atoms with Crippen molar-refractivity contribution < 1.29 is 19.0 Å². The van der Waals surface area contributed by atoms with Crippen molar-refractivity contribution in [2.75, 3.05) is 31.2 Å². The molecule has 0 saturated carbocycles. The Bertz CT molecular complexity index is 437. The summed E-state index contributed by atoms with van der Waals surface area (Å²) in [7, 11) is 0. The molecular weight excluding hydrogens is 262 g/mol. The molecule has 0 atom stereocenters. The van der Waals surface area contributed by atoms with Crippen LogP contribution in [0.2, 0.25) is 0 Å². The summed E-state index contributed by atoms with van der Waals surface area (Å²) >= 11 is 4.60. The van der Waals surface area contributed by atoms with Crippen LogP contribution in [-0.4, -0.2) is 41.5 Å². The minimum Gasteiger partial charge on any atom is -0.395 e. The predicted molar refractivity (Wildman–Crippen MR) is 68.6 cm³/mol. The Morgan fingerprint density at radius 2 is 1.72 bits per heavy atom. The van der Waals surface area contributed by atoms with Gasteiger partial charge in [0.1, 0.15) is 4.99 Å². The molecule has 0 spiro atoms. The van der Waals surface area contributed by atoms with Crippen molar-refractivity contribution in [1.29, 1.82) is 0 Å². The Hall–Kier alpha value is -1.31. The lowest BCUT2D eigenvalue weighted by atomic mass is 10.1. The lowest BCUT2D eigenvalue weighted by molar-refractivity contribution is 0.280. The molecular formula is C11H14F2N2O2S. The van der Waals surface area contributed by atoms with Crippen LogP contribution < -0.4 is 10.6 Å². The third-order valence-corrected chi connectivity index (χ3v) is 2.63. The van der Waals surface area contributed by atoms with Crippen LogP contribution in [0.5, 0.6) is 0 Å². The van der Waals surface area contributed by atoms with Gasteiger partial charge in [-0.3, -0.25) is 0 Å². The lowest BCUT2D eigenvalue weighted by Crippen LogP contribution is -2.31. The van der Waals surface area contributed by atoms with Crippen LogP contribution in [-0.2, 0) is 0 Å². The van der Waals surface area contributed by atoms with Gasteiger partial charge < -0.3 is 20.8 Å². The average molecular weight is 276 g/mol. The minimum absolute atomic E-state index is 0.0457. The highest BCUT2D eigenvalue weighted by molar-refractivity contribution is 7.80. The Balaban J connectivity index is 3.16. The highest BCUT2D eigenvalue weighted by atomic mass is 32.1. The molecule has 0 saturated heterocycles. The summed E-state index contributed by atoms with van der Waals surface area (Å²) < 4.78 is 27.5. The van der Waals surface area contributed by atoms with Crippen molar-refractivity contribution in [1.82, 2.24) is 0 Å². The monoisotopic (exact) mass is 276 g/mol. The van der Waals surface area contributed by atoms with E-state index in [1.54, 1.807) is 0 Å². The van der Waals surface area contributed by atoms with E-state index in [0.29, 0.717) is 0 Å². The molecule has 4 N–H and O–H groups in total. The van der Waals surface area contributed by atoms with Gasteiger partial charge in [0.25, 0.3) is 0 Å². The minimum atomic E-state index is -1.12. The molecule has 0 unspecified atom stereocenters. The number of aliphatic hydroxyl groups is 2. The maximum atomic E-state index is 13.8. The molecule has 0 radical (unpaired) electrons. The predicted octanol–water partition coefficient (Wildman–Crippen LogP) is 0.390. The number of nitrogens with two attached hydrogens (primary N) is 1. The van der Waals surface area contributed by atoms with Crippen molar-refractivity contribution in [2.24, 2.45) is 5.73 Å². The van der Waals surface area contributed by atoms with Crippen molar-refractivity contribution in [3.8, 4) is 0 Å². The molecule has 0 aliphatic rings. The normalized spacial score (nSPS) is 10.4. The summed E-state index contributed by atoms with van der Waals surface area (Å²) in [4.78, 5) is 1.11. The van der Waals surface area contributed by atoms with E-state index in [1.165, 1.54) is 17.0 Å². The highest BCUT2D eigenvalue weighted by Crippen LogP contribution is 2.24. The van der Waals surface area contributed by atoms with Crippen LogP contribution in [0.25, 0.3) is 0 Å². The van der Waals surface area contributed by atoms with Gasteiger partial charge >= 0.3 is 0 Å². The van der Waals surface area contributed by atoms with Gasteiger partial charge in [-0.05, 0) is 12.1 Å². The second-order valence-corrected chi connectivity index (χ2v) is 4.00. The lowest BCUT2D eigenvalue weighted by Gasteiger charge is -2.24. The quantitative estimate of drug-likeness (QED) is 0.656. The maximum absolute atomic E-state index is 13.8. The van der Waals surface area contributed by atoms with Crippen LogP contribution in [0, 0.1) is 11.6 Å². The van der Waals surface area contributed by atoms with E-state index in [1.807, 2.05) is 0 Å². The fourth-order valence-corrected chi connectivity index (χ4v) is 1.73. The molecule has 18 heavy (non-hydrogen) atoms. The van der Waals surface area contributed by atoms with Crippen LogP contribution >= 0.6 is 12.2 Å². The molecule has 0 aliphatic heterocycles. The van der Waals surface area contributed by atoms with Gasteiger partial charge in [0.05, 0.1) is 18.9 Å². The molecule has 0 heterocycles. The number of rotatable bonds is 6. The smallest absolute Gasteiger partial charge is 0.182 e. The molecule has 0 amide bonds. The number of nitrogens with zero attached hydrogens (tertiary/aromatic N) is 1. The van der Waals surface area contributed by atoms with E-state index < -0.39 is 11.6 Å². The number of halogens is 2. The SMILES string of the molecule is NC(=S)c1ccc(N(CCO)CCO)c(F)c1F. The summed E-state index contributed by atoms with van der Waals surface area (Å²) in [5, 5.41) is 17.7. The zero-order chi connectivity index (χ0) is 13.7. The molecule has 100 valence electrons. The number of hydrogen-bond donors (Lipinski definition) is 3. The molecule has 1 rings (SSSR count). The topological polar surface area (TPSA) is 69.7 Å². The van der Waals surface area contributed by atoms with Crippen molar-refractivity contribution in [3.05, 3.63) is 29.3 Å². The fourth-order valence-electron chi connectivity index (χ4n) is 1.57. The van der Waals surface area contributed by atoms with Crippen LogP contribution in [0.3, 0.4) is 0 Å². The number of benzene rings is 1. The molecule has 0 bridgehead atoms. The Morgan fingerprint density at radius 3 is 2.17 bits per heavy atom.